The van der Waals surface area contributed by atoms with E-state index < -0.39 is 5.97 Å². The fourth-order valence-corrected chi connectivity index (χ4v) is 1.83. The summed E-state index contributed by atoms with van der Waals surface area (Å²) in [5.41, 5.74) is 0. The van der Waals surface area contributed by atoms with E-state index in [4.69, 9.17) is 9.84 Å². The van der Waals surface area contributed by atoms with Gasteiger partial charge in [0.25, 0.3) is 0 Å². The second-order valence-electron chi connectivity index (χ2n) is 3.69. The highest BCUT2D eigenvalue weighted by molar-refractivity contribution is 5.72. The third kappa shape index (κ3) is 3.87. The molecule has 5 nitrogen and oxygen atoms in total. The molecule has 0 spiro atoms. The summed E-state index contributed by atoms with van der Waals surface area (Å²) in [6.07, 6.45) is 1.73. The van der Waals surface area contributed by atoms with E-state index in [0.29, 0.717) is 6.61 Å². The molecule has 0 saturated carbocycles. The maximum absolute atomic E-state index is 11.1. The van der Waals surface area contributed by atoms with Crippen molar-refractivity contribution in [2.45, 2.75) is 31.8 Å². The second-order valence-corrected chi connectivity index (χ2v) is 3.69. The van der Waals surface area contributed by atoms with Crippen molar-refractivity contribution in [2.24, 2.45) is 5.92 Å². The highest BCUT2D eigenvalue weighted by Crippen LogP contribution is 2.25. The molecule has 5 heteroatoms. The van der Waals surface area contributed by atoms with Crippen LogP contribution in [0.25, 0.3) is 0 Å². The zero-order valence-corrected chi connectivity index (χ0v) is 8.77. The number of hydrogen-bond donors (Lipinski definition) is 1. The molecule has 1 heterocycles. The van der Waals surface area contributed by atoms with Gasteiger partial charge in [0.2, 0.25) is 0 Å². The summed E-state index contributed by atoms with van der Waals surface area (Å²) in [7, 11) is 1.30. The normalized spacial score (nSPS) is 22.3. The van der Waals surface area contributed by atoms with Gasteiger partial charge in [-0.2, -0.15) is 0 Å². The molecule has 1 aliphatic heterocycles. The monoisotopic (exact) mass is 216 g/mol. The molecule has 0 amide bonds. The summed E-state index contributed by atoms with van der Waals surface area (Å²) in [5.74, 6) is -1.55. The third-order valence-electron chi connectivity index (χ3n) is 2.58. The highest BCUT2D eigenvalue weighted by Gasteiger charge is 2.29. The SMILES string of the molecule is COC(=O)CC(CC(=O)O)C1CCCO1. The van der Waals surface area contributed by atoms with Gasteiger partial charge in [0.15, 0.2) is 0 Å². The molecule has 0 radical (unpaired) electrons. The Balaban J connectivity index is 2.51. The van der Waals surface area contributed by atoms with Crippen LogP contribution >= 0.6 is 0 Å². The van der Waals surface area contributed by atoms with Crippen LogP contribution in [-0.2, 0) is 19.1 Å². The number of carbonyl (C=O) groups is 2. The first kappa shape index (κ1) is 12.0. The van der Waals surface area contributed by atoms with Crippen molar-refractivity contribution in [3.63, 3.8) is 0 Å². The molecule has 1 saturated heterocycles. The zero-order valence-electron chi connectivity index (χ0n) is 8.77. The van der Waals surface area contributed by atoms with Crippen LogP contribution in [0.4, 0.5) is 0 Å². The smallest absolute Gasteiger partial charge is 0.305 e. The van der Waals surface area contributed by atoms with E-state index in [0.717, 1.165) is 12.8 Å². The van der Waals surface area contributed by atoms with Gasteiger partial charge < -0.3 is 14.6 Å². The predicted octanol–water partition coefficient (Wildman–Crippen LogP) is 0.819. The zero-order chi connectivity index (χ0) is 11.3. The van der Waals surface area contributed by atoms with Crippen LogP contribution < -0.4 is 0 Å². The van der Waals surface area contributed by atoms with Crippen LogP contribution in [0.2, 0.25) is 0 Å². The molecular weight excluding hydrogens is 200 g/mol. The number of rotatable bonds is 5. The van der Waals surface area contributed by atoms with Crippen molar-refractivity contribution in [3.05, 3.63) is 0 Å². The van der Waals surface area contributed by atoms with Crippen molar-refractivity contribution in [1.82, 2.24) is 0 Å². The van der Waals surface area contributed by atoms with Crippen LogP contribution in [0.1, 0.15) is 25.7 Å². The maximum Gasteiger partial charge on any atom is 0.305 e. The number of carboxylic acid groups (broad SMARTS) is 1. The quantitative estimate of drug-likeness (QED) is 0.689. The van der Waals surface area contributed by atoms with E-state index in [1.807, 2.05) is 0 Å². The maximum atomic E-state index is 11.1. The Morgan fingerprint density at radius 3 is 2.73 bits per heavy atom. The molecule has 0 aromatic heterocycles. The van der Waals surface area contributed by atoms with Crippen LogP contribution in [0.15, 0.2) is 0 Å². The van der Waals surface area contributed by atoms with Gasteiger partial charge in [0, 0.05) is 12.5 Å². The largest absolute Gasteiger partial charge is 0.481 e. The minimum Gasteiger partial charge on any atom is -0.481 e. The predicted molar refractivity (Wildman–Crippen MR) is 51.3 cm³/mol. The Hall–Kier alpha value is -1.10. The first-order valence-electron chi connectivity index (χ1n) is 5.03. The van der Waals surface area contributed by atoms with E-state index in [1.54, 1.807) is 0 Å². The average molecular weight is 216 g/mol. The molecule has 0 bridgehead atoms. The van der Waals surface area contributed by atoms with Crippen molar-refractivity contribution in [3.8, 4) is 0 Å². The van der Waals surface area contributed by atoms with E-state index in [-0.39, 0.29) is 30.8 Å². The van der Waals surface area contributed by atoms with Gasteiger partial charge in [0.05, 0.1) is 26.1 Å². The summed E-state index contributed by atoms with van der Waals surface area (Å²) >= 11 is 0. The number of esters is 1. The molecule has 2 atom stereocenters. The minimum absolute atomic E-state index is 0.0419. The molecule has 0 aliphatic carbocycles. The van der Waals surface area contributed by atoms with Gasteiger partial charge >= 0.3 is 11.9 Å². The molecule has 15 heavy (non-hydrogen) atoms. The molecule has 86 valence electrons. The Morgan fingerprint density at radius 1 is 1.53 bits per heavy atom. The van der Waals surface area contributed by atoms with E-state index in [9.17, 15) is 9.59 Å². The Labute approximate surface area is 88.4 Å². The second kappa shape index (κ2) is 5.70. The molecule has 1 N–H and O–H groups in total. The molecule has 0 aromatic carbocycles. The minimum atomic E-state index is -0.903. The van der Waals surface area contributed by atoms with Crippen LogP contribution in [0.3, 0.4) is 0 Å². The third-order valence-corrected chi connectivity index (χ3v) is 2.58. The molecule has 1 aliphatic rings. The molecule has 2 unspecified atom stereocenters. The highest BCUT2D eigenvalue weighted by atomic mass is 16.5. The van der Waals surface area contributed by atoms with Crippen molar-refractivity contribution >= 4 is 11.9 Å². The van der Waals surface area contributed by atoms with Gasteiger partial charge in [-0.05, 0) is 12.8 Å². The van der Waals surface area contributed by atoms with Gasteiger partial charge in [-0.15, -0.1) is 0 Å². The topological polar surface area (TPSA) is 72.8 Å². The number of carboxylic acids is 1. The lowest BCUT2D eigenvalue weighted by molar-refractivity contribution is -0.145. The fourth-order valence-electron chi connectivity index (χ4n) is 1.83. The Morgan fingerprint density at radius 2 is 2.27 bits per heavy atom. The summed E-state index contributed by atoms with van der Waals surface area (Å²) in [5, 5.41) is 8.72. The van der Waals surface area contributed by atoms with Gasteiger partial charge in [0.1, 0.15) is 0 Å². The fraction of sp³-hybridized carbons (Fsp3) is 0.800. The number of ether oxygens (including phenoxy) is 2. The number of methoxy groups -OCH3 is 1. The first-order chi connectivity index (χ1) is 7.13. The van der Waals surface area contributed by atoms with E-state index in [2.05, 4.69) is 4.74 Å². The van der Waals surface area contributed by atoms with Crippen molar-refractivity contribution in [1.29, 1.82) is 0 Å². The number of aliphatic carboxylic acids is 1. The Kier molecular flexibility index (Phi) is 4.55. The van der Waals surface area contributed by atoms with E-state index >= 15 is 0 Å². The van der Waals surface area contributed by atoms with Gasteiger partial charge in [-0.3, -0.25) is 9.59 Å². The Bertz CT molecular complexity index is 232. The van der Waals surface area contributed by atoms with Crippen LogP contribution in [0, 0.1) is 5.92 Å². The summed E-state index contributed by atoms with van der Waals surface area (Å²) in [4.78, 5) is 21.7. The molecule has 1 rings (SSSR count). The molecule has 0 aromatic rings. The van der Waals surface area contributed by atoms with Gasteiger partial charge in [-0.25, -0.2) is 0 Å². The number of hydrogen-bond acceptors (Lipinski definition) is 4. The summed E-state index contributed by atoms with van der Waals surface area (Å²) in [6.45, 7) is 0.655. The lowest BCUT2D eigenvalue weighted by Gasteiger charge is -2.19. The van der Waals surface area contributed by atoms with Crippen molar-refractivity contribution < 1.29 is 24.2 Å². The van der Waals surface area contributed by atoms with Crippen molar-refractivity contribution in [2.75, 3.05) is 13.7 Å². The molecular formula is C10H16O5. The standard InChI is InChI=1S/C10H16O5/c1-14-10(13)6-7(5-9(11)12)8-3-2-4-15-8/h7-8H,2-6H2,1H3,(H,11,12). The summed E-state index contributed by atoms with van der Waals surface area (Å²) < 4.78 is 9.92. The molecule has 1 fully saturated rings. The summed E-state index contributed by atoms with van der Waals surface area (Å²) in [6, 6.07) is 0. The average Bonchev–Trinajstić information content (AvgIpc) is 2.68. The van der Waals surface area contributed by atoms with Crippen LogP contribution in [-0.4, -0.2) is 36.9 Å². The van der Waals surface area contributed by atoms with Gasteiger partial charge in [-0.1, -0.05) is 0 Å². The van der Waals surface area contributed by atoms with E-state index in [1.165, 1.54) is 7.11 Å². The van der Waals surface area contributed by atoms with Crippen LogP contribution in [0.5, 0.6) is 0 Å². The lowest BCUT2D eigenvalue weighted by Crippen LogP contribution is -2.25. The lowest BCUT2D eigenvalue weighted by atomic mass is 9.93. The number of carbonyl (C=O) groups excluding carboxylic acids is 1. The first-order valence-corrected chi connectivity index (χ1v) is 5.03.